The van der Waals surface area contributed by atoms with Gasteiger partial charge in [-0.2, -0.15) is 0 Å². The first-order valence-corrected chi connectivity index (χ1v) is 9.73. The minimum absolute atomic E-state index is 0.739. The Balaban J connectivity index is 1.61. The van der Waals surface area contributed by atoms with E-state index in [2.05, 4.69) is 42.6 Å². The lowest BCUT2D eigenvalue weighted by Gasteiger charge is -2.08. The molecule has 3 aromatic heterocycles. The van der Waals surface area contributed by atoms with E-state index in [0.717, 1.165) is 53.4 Å². The summed E-state index contributed by atoms with van der Waals surface area (Å²) in [6, 6.07) is 16.5. The van der Waals surface area contributed by atoms with E-state index in [0.29, 0.717) is 0 Å². The number of thiophene rings is 1. The molecule has 0 saturated heterocycles. The van der Waals surface area contributed by atoms with Crippen LogP contribution in [0.2, 0.25) is 0 Å². The van der Waals surface area contributed by atoms with Crippen molar-refractivity contribution in [2.45, 2.75) is 26.2 Å². The van der Waals surface area contributed by atoms with Crippen LogP contribution in [0.4, 0.5) is 5.82 Å². The average molecular weight is 363 g/mol. The van der Waals surface area contributed by atoms with E-state index in [4.69, 9.17) is 14.4 Å². The van der Waals surface area contributed by atoms with Crippen molar-refractivity contribution >= 4 is 27.4 Å². The zero-order chi connectivity index (χ0) is 17.8. The van der Waals surface area contributed by atoms with E-state index in [-0.39, 0.29) is 0 Å². The van der Waals surface area contributed by atoms with Crippen molar-refractivity contribution in [2.75, 3.05) is 11.9 Å². The van der Waals surface area contributed by atoms with Gasteiger partial charge in [-0.05, 0) is 30.2 Å². The largest absolute Gasteiger partial charge is 0.469 e. The average Bonchev–Trinajstić information content (AvgIpc) is 3.32. The third kappa shape index (κ3) is 3.78. The number of nitrogens with zero attached hydrogens (tertiary/aromatic N) is 2. The van der Waals surface area contributed by atoms with Crippen LogP contribution in [0.5, 0.6) is 0 Å². The summed E-state index contributed by atoms with van der Waals surface area (Å²) in [5.41, 5.74) is 1.22. The molecule has 0 spiro atoms. The normalized spacial score (nSPS) is 11.1. The summed E-state index contributed by atoms with van der Waals surface area (Å²) in [6.45, 7) is 2.95. The quantitative estimate of drug-likeness (QED) is 0.497. The highest BCUT2D eigenvalue weighted by Gasteiger charge is 2.12. The van der Waals surface area contributed by atoms with Gasteiger partial charge in [0.15, 0.2) is 0 Å². The number of aromatic nitrogens is 2. The standard InChI is InChI=1S/C21H21N3OS/c1-2-17-14-18-20(22-11-10-16-9-6-12-25-16)23-19(24-21(18)26-17)13-15-7-4-3-5-8-15/h3-9,12,14H,2,10-11,13H2,1H3,(H,22,23,24). The molecule has 4 rings (SSSR count). The molecule has 0 atom stereocenters. The molecule has 5 heteroatoms. The molecule has 0 bridgehead atoms. The first kappa shape index (κ1) is 16.8. The Morgan fingerprint density at radius 3 is 2.73 bits per heavy atom. The van der Waals surface area contributed by atoms with E-state index in [9.17, 15) is 0 Å². The molecule has 4 nitrogen and oxygen atoms in total. The van der Waals surface area contributed by atoms with Crippen molar-refractivity contribution in [2.24, 2.45) is 0 Å². The van der Waals surface area contributed by atoms with Gasteiger partial charge < -0.3 is 9.73 Å². The molecule has 3 heterocycles. The molecule has 0 radical (unpaired) electrons. The summed E-state index contributed by atoms with van der Waals surface area (Å²) < 4.78 is 5.41. The van der Waals surface area contributed by atoms with Gasteiger partial charge in [-0.3, -0.25) is 0 Å². The predicted octanol–water partition coefficient (Wildman–Crippen LogP) is 5.09. The van der Waals surface area contributed by atoms with Crippen LogP contribution < -0.4 is 5.32 Å². The van der Waals surface area contributed by atoms with Crippen molar-refractivity contribution in [1.82, 2.24) is 9.97 Å². The summed E-state index contributed by atoms with van der Waals surface area (Å²) in [6.07, 6.45) is 4.30. The van der Waals surface area contributed by atoms with E-state index in [1.807, 2.05) is 18.2 Å². The number of nitrogens with one attached hydrogen (secondary N) is 1. The first-order chi connectivity index (χ1) is 12.8. The van der Waals surface area contributed by atoms with Crippen molar-refractivity contribution < 1.29 is 4.42 Å². The molecule has 132 valence electrons. The number of aryl methyl sites for hydroxylation is 1. The summed E-state index contributed by atoms with van der Waals surface area (Å²) in [5, 5.41) is 4.60. The highest BCUT2D eigenvalue weighted by molar-refractivity contribution is 7.18. The van der Waals surface area contributed by atoms with Crippen LogP contribution in [0.15, 0.2) is 59.2 Å². The lowest BCUT2D eigenvalue weighted by molar-refractivity contribution is 0.513. The SMILES string of the molecule is CCc1cc2c(NCCc3ccco3)nc(Cc3ccccc3)nc2s1. The first-order valence-electron chi connectivity index (χ1n) is 8.91. The number of hydrogen-bond donors (Lipinski definition) is 1. The molecule has 1 aromatic carbocycles. The van der Waals surface area contributed by atoms with Gasteiger partial charge >= 0.3 is 0 Å². The maximum Gasteiger partial charge on any atom is 0.138 e. The molecule has 4 aromatic rings. The highest BCUT2D eigenvalue weighted by atomic mass is 32.1. The second-order valence-corrected chi connectivity index (χ2v) is 7.31. The van der Waals surface area contributed by atoms with Gasteiger partial charge in [0.1, 0.15) is 22.2 Å². The summed E-state index contributed by atoms with van der Waals surface area (Å²) in [5.74, 6) is 2.75. The van der Waals surface area contributed by atoms with Gasteiger partial charge in [0.05, 0.1) is 11.6 Å². The minimum atomic E-state index is 0.739. The molecule has 0 aliphatic heterocycles. The van der Waals surface area contributed by atoms with Crippen LogP contribution >= 0.6 is 11.3 Å². The molecule has 0 aliphatic rings. The minimum Gasteiger partial charge on any atom is -0.469 e. The zero-order valence-corrected chi connectivity index (χ0v) is 15.6. The van der Waals surface area contributed by atoms with E-state index < -0.39 is 0 Å². The smallest absolute Gasteiger partial charge is 0.138 e. The zero-order valence-electron chi connectivity index (χ0n) is 14.7. The fraction of sp³-hybridized carbons (Fsp3) is 0.238. The Morgan fingerprint density at radius 2 is 1.96 bits per heavy atom. The Morgan fingerprint density at radius 1 is 1.08 bits per heavy atom. The van der Waals surface area contributed by atoms with Crippen molar-refractivity contribution in [1.29, 1.82) is 0 Å². The summed E-state index contributed by atoms with van der Waals surface area (Å²) >= 11 is 1.76. The molecular formula is C21H21N3OS. The second-order valence-electron chi connectivity index (χ2n) is 6.19. The molecule has 1 N–H and O–H groups in total. The number of rotatable bonds is 7. The van der Waals surface area contributed by atoms with Gasteiger partial charge in [-0.1, -0.05) is 37.3 Å². The maximum atomic E-state index is 5.41. The topological polar surface area (TPSA) is 51.0 Å². The number of hydrogen-bond acceptors (Lipinski definition) is 5. The van der Waals surface area contributed by atoms with Gasteiger partial charge in [-0.25, -0.2) is 9.97 Å². The van der Waals surface area contributed by atoms with Crippen molar-refractivity contribution in [3.63, 3.8) is 0 Å². The van der Waals surface area contributed by atoms with E-state index in [1.165, 1.54) is 10.4 Å². The second kappa shape index (κ2) is 7.70. The van der Waals surface area contributed by atoms with Crippen LogP contribution in [0.3, 0.4) is 0 Å². The molecule has 0 unspecified atom stereocenters. The molecule has 0 fully saturated rings. The lowest BCUT2D eigenvalue weighted by atomic mass is 10.1. The van der Waals surface area contributed by atoms with Crippen LogP contribution in [-0.2, 0) is 19.3 Å². The van der Waals surface area contributed by atoms with Crippen molar-refractivity contribution in [3.8, 4) is 0 Å². The Labute approximate surface area is 156 Å². The van der Waals surface area contributed by atoms with Crippen LogP contribution in [0, 0.1) is 0 Å². The summed E-state index contributed by atoms with van der Waals surface area (Å²) in [7, 11) is 0. The predicted molar refractivity (Wildman–Crippen MR) is 107 cm³/mol. The molecular weight excluding hydrogens is 342 g/mol. The Bertz CT molecular complexity index is 977. The number of anilines is 1. The molecule has 0 aliphatic carbocycles. The monoisotopic (exact) mass is 363 g/mol. The third-order valence-corrected chi connectivity index (χ3v) is 5.46. The fourth-order valence-corrected chi connectivity index (χ4v) is 3.93. The summed E-state index contributed by atoms with van der Waals surface area (Å²) in [4.78, 5) is 12.0. The lowest BCUT2D eigenvalue weighted by Crippen LogP contribution is -2.08. The van der Waals surface area contributed by atoms with Crippen LogP contribution in [0.25, 0.3) is 10.2 Å². The van der Waals surface area contributed by atoms with Gasteiger partial charge in [-0.15, -0.1) is 11.3 Å². The Kier molecular flexibility index (Phi) is 4.97. The third-order valence-electron chi connectivity index (χ3n) is 4.29. The van der Waals surface area contributed by atoms with Crippen molar-refractivity contribution in [3.05, 3.63) is 76.8 Å². The van der Waals surface area contributed by atoms with Gasteiger partial charge in [0, 0.05) is 24.3 Å². The fourth-order valence-electron chi connectivity index (χ4n) is 2.94. The molecule has 0 amide bonds. The highest BCUT2D eigenvalue weighted by Crippen LogP contribution is 2.29. The maximum absolute atomic E-state index is 5.41. The van der Waals surface area contributed by atoms with Crippen LogP contribution in [-0.4, -0.2) is 16.5 Å². The van der Waals surface area contributed by atoms with Gasteiger partial charge in [0.2, 0.25) is 0 Å². The van der Waals surface area contributed by atoms with Crippen LogP contribution in [0.1, 0.15) is 28.9 Å². The number of furan rings is 1. The number of benzene rings is 1. The van der Waals surface area contributed by atoms with E-state index in [1.54, 1.807) is 17.6 Å². The van der Waals surface area contributed by atoms with Gasteiger partial charge in [0.25, 0.3) is 0 Å². The molecule has 0 saturated carbocycles. The Hall–Kier alpha value is -2.66. The molecule has 26 heavy (non-hydrogen) atoms. The number of fused-ring (bicyclic) bond motifs is 1. The van der Waals surface area contributed by atoms with E-state index >= 15 is 0 Å².